The molecular weight excluding hydrogens is 586 g/mol. The van der Waals surface area contributed by atoms with Crippen molar-refractivity contribution in [2.45, 2.75) is 124 Å². The van der Waals surface area contributed by atoms with Gasteiger partial charge in [-0.05, 0) is 55.3 Å². The van der Waals surface area contributed by atoms with Crippen molar-refractivity contribution < 1.29 is 24.0 Å². The summed E-state index contributed by atoms with van der Waals surface area (Å²) in [6.45, 7) is 13.6. The largest absolute Gasteiger partial charge is 0.353 e. The van der Waals surface area contributed by atoms with Gasteiger partial charge in [-0.2, -0.15) is 0 Å². The molecule has 2 saturated carbocycles. The van der Waals surface area contributed by atoms with Crippen molar-refractivity contribution >= 4 is 29.5 Å². The van der Waals surface area contributed by atoms with E-state index in [0.717, 1.165) is 38.5 Å². The Kier molecular flexibility index (Phi) is 11.4. The Balaban J connectivity index is 1.53. The summed E-state index contributed by atoms with van der Waals surface area (Å²) in [5.74, 6) is -2.09. The molecule has 1 saturated heterocycles. The van der Waals surface area contributed by atoms with Crippen LogP contribution in [0.25, 0.3) is 0 Å². The summed E-state index contributed by atoms with van der Waals surface area (Å²) in [6, 6.07) is -2.68. The predicted octanol–water partition coefficient (Wildman–Crippen LogP) is 2.59. The van der Waals surface area contributed by atoms with Gasteiger partial charge in [-0.25, -0.2) is 4.98 Å². The summed E-state index contributed by atoms with van der Waals surface area (Å²) in [5, 5.41) is 11.9. The molecule has 0 radical (unpaired) electrons. The molecule has 12 heteroatoms. The molecule has 3 aliphatic rings. The molecule has 0 aromatic carbocycles. The maximum absolute atomic E-state index is 14.5. The van der Waals surface area contributed by atoms with E-state index >= 15 is 0 Å². The standard InChI is InChI=1S/C34H53N7O5/c1-8-10-24(20(4)29(42)37-22-13-14-22)38-32(45)27-23-12-9-11-21(23)18-41(27)33(46)28(34(5,6)7)40-31(44)26(19(2)3)39-30(43)25-17-35-15-16-36-25/h15-17,19-24,26-28H,8-14,18H2,1-7H3,(H,37,42)(H,38,45)(H,39,43)(H,40,44)/t20?,21-,23-,24?,26-,27?,28+/m0/s1. The van der Waals surface area contributed by atoms with E-state index in [4.69, 9.17) is 0 Å². The van der Waals surface area contributed by atoms with E-state index in [1.165, 1.54) is 18.6 Å². The van der Waals surface area contributed by atoms with Crippen LogP contribution in [0.4, 0.5) is 0 Å². The van der Waals surface area contributed by atoms with Crippen molar-refractivity contribution in [3.05, 3.63) is 24.3 Å². The van der Waals surface area contributed by atoms with Crippen LogP contribution in [0.1, 0.15) is 104 Å². The molecule has 46 heavy (non-hydrogen) atoms. The Morgan fingerprint density at radius 2 is 1.67 bits per heavy atom. The minimum absolute atomic E-state index is 0.0211. The molecule has 4 rings (SSSR count). The van der Waals surface area contributed by atoms with Crippen molar-refractivity contribution in [1.29, 1.82) is 0 Å². The van der Waals surface area contributed by atoms with Crippen LogP contribution in [0.15, 0.2) is 18.6 Å². The van der Waals surface area contributed by atoms with E-state index in [1.54, 1.807) is 4.90 Å². The average molecular weight is 640 g/mol. The van der Waals surface area contributed by atoms with Crippen molar-refractivity contribution in [1.82, 2.24) is 36.1 Å². The molecule has 1 aromatic heterocycles. The highest BCUT2D eigenvalue weighted by atomic mass is 16.2. The number of rotatable bonds is 13. The Morgan fingerprint density at radius 3 is 2.26 bits per heavy atom. The topological polar surface area (TPSA) is 162 Å². The molecule has 7 atom stereocenters. The average Bonchev–Trinajstić information content (AvgIpc) is 3.57. The van der Waals surface area contributed by atoms with Crippen molar-refractivity contribution in [2.24, 2.45) is 29.1 Å². The van der Waals surface area contributed by atoms with Gasteiger partial charge in [-0.15, -0.1) is 0 Å². The van der Waals surface area contributed by atoms with Gasteiger partial charge in [0, 0.05) is 31.0 Å². The number of likely N-dealkylation sites (tertiary alicyclic amines) is 1. The maximum atomic E-state index is 14.5. The van der Waals surface area contributed by atoms with E-state index in [2.05, 4.69) is 31.2 Å². The SMILES string of the molecule is CCCC(NC(=O)C1[C@H]2CCC[C@H]2CN1C(=O)[C@@H](NC(=O)[C@@H](NC(=O)c1cnccn1)C(C)C)C(C)(C)C)C(C)C(=O)NC1CC1. The van der Waals surface area contributed by atoms with Gasteiger partial charge in [-0.1, -0.05) is 61.3 Å². The second kappa shape index (κ2) is 14.9. The number of fused-ring (bicyclic) bond motifs is 1. The first kappa shape index (κ1) is 35.3. The third kappa shape index (κ3) is 8.41. The van der Waals surface area contributed by atoms with Crippen LogP contribution in [0.5, 0.6) is 0 Å². The Hall–Kier alpha value is -3.57. The summed E-state index contributed by atoms with van der Waals surface area (Å²) in [5.41, 5.74) is -0.607. The number of nitrogens with one attached hydrogen (secondary N) is 4. The number of nitrogens with zero attached hydrogens (tertiary/aromatic N) is 3. The molecule has 5 amide bonds. The fourth-order valence-corrected chi connectivity index (χ4v) is 6.85. The van der Waals surface area contributed by atoms with Crippen LogP contribution in [-0.2, 0) is 19.2 Å². The predicted molar refractivity (Wildman–Crippen MR) is 173 cm³/mol. The first-order valence-electron chi connectivity index (χ1n) is 17.0. The third-order valence-corrected chi connectivity index (χ3v) is 9.74. The summed E-state index contributed by atoms with van der Waals surface area (Å²) in [7, 11) is 0. The van der Waals surface area contributed by atoms with E-state index in [0.29, 0.717) is 13.0 Å². The molecular formula is C34H53N7O5. The molecule has 3 fully saturated rings. The van der Waals surface area contributed by atoms with Gasteiger partial charge in [0.1, 0.15) is 23.8 Å². The smallest absolute Gasteiger partial charge is 0.272 e. The Bertz CT molecular complexity index is 1260. The number of carbonyl (C=O) groups excluding carboxylic acids is 5. The number of hydrogen-bond donors (Lipinski definition) is 4. The fraction of sp³-hybridized carbons (Fsp3) is 0.735. The minimum Gasteiger partial charge on any atom is -0.353 e. The molecule has 0 spiro atoms. The molecule has 254 valence electrons. The second-order valence-corrected chi connectivity index (χ2v) is 14.9. The van der Waals surface area contributed by atoms with Crippen LogP contribution in [0.3, 0.4) is 0 Å². The monoisotopic (exact) mass is 639 g/mol. The lowest BCUT2D eigenvalue weighted by Crippen LogP contribution is -2.62. The summed E-state index contributed by atoms with van der Waals surface area (Å²) < 4.78 is 0. The van der Waals surface area contributed by atoms with Gasteiger partial charge >= 0.3 is 0 Å². The van der Waals surface area contributed by atoms with Crippen LogP contribution < -0.4 is 21.3 Å². The van der Waals surface area contributed by atoms with E-state index in [-0.39, 0.29) is 53.3 Å². The lowest BCUT2D eigenvalue weighted by atomic mass is 9.84. The zero-order valence-corrected chi connectivity index (χ0v) is 28.5. The first-order valence-corrected chi connectivity index (χ1v) is 17.0. The summed E-state index contributed by atoms with van der Waals surface area (Å²) in [4.78, 5) is 77.7. The third-order valence-electron chi connectivity index (χ3n) is 9.74. The molecule has 1 aliphatic heterocycles. The Labute approximate surface area is 273 Å². The zero-order chi connectivity index (χ0) is 33.8. The molecule has 4 N–H and O–H groups in total. The van der Waals surface area contributed by atoms with Crippen molar-refractivity contribution in [3.8, 4) is 0 Å². The van der Waals surface area contributed by atoms with Crippen LogP contribution in [0, 0.1) is 29.1 Å². The maximum Gasteiger partial charge on any atom is 0.272 e. The van der Waals surface area contributed by atoms with E-state index in [1.807, 2.05) is 48.5 Å². The fourth-order valence-electron chi connectivity index (χ4n) is 6.85. The lowest BCUT2D eigenvalue weighted by molar-refractivity contribution is -0.145. The Morgan fingerprint density at radius 1 is 0.957 bits per heavy atom. The molecule has 3 unspecified atom stereocenters. The van der Waals surface area contributed by atoms with Gasteiger partial charge in [0.2, 0.25) is 23.6 Å². The number of carbonyl (C=O) groups is 5. The van der Waals surface area contributed by atoms with Gasteiger partial charge in [0.05, 0.1) is 12.1 Å². The summed E-state index contributed by atoms with van der Waals surface area (Å²) in [6.07, 6.45) is 10.4. The molecule has 12 nitrogen and oxygen atoms in total. The van der Waals surface area contributed by atoms with Gasteiger partial charge < -0.3 is 26.2 Å². The quantitative estimate of drug-likeness (QED) is 0.258. The highest BCUT2D eigenvalue weighted by Crippen LogP contribution is 2.43. The van der Waals surface area contributed by atoms with Crippen molar-refractivity contribution in [2.75, 3.05) is 6.54 Å². The van der Waals surface area contributed by atoms with E-state index in [9.17, 15) is 24.0 Å². The van der Waals surface area contributed by atoms with E-state index < -0.39 is 41.3 Å². The van der Waals surface area contributed by atoms with Crippen LogP contribution in [0.2, 0.25) is 0 Å². The summed E-state index contributed by atoms with van der Waals surface area (Å²) >= 11 is 0. The highest BCUT2D eigenvalue weighted by molar-refractivity contribution is 5.98. The van der Waals surface area contributed by atoms with Gasteiger partial charge in [0.15, 0.2) is 0 Å². The second-order valence-electron chi connectivity index (χ2n) is 14.9. The molecule has 1 aromatic rings. The first-order chi connectivity index (χ1) is 21.7. The normalized spacial score (nSPS) is 23.6. The van der Waals surface area contributed by atoms with Gasteiger partial charge in [0.25, 0.3) is 5.91 Å². The number of amides is 5. The number of aromatic nitrogens is 2. The molecule has 2 heterocycles. The van der Waals surface area contributed by atoms with Gasteiger partial charge in [-0.3, -0.25) is 29.0 Å². The highest BCUT2D eigenvalue weighted by Gasteiger charge is 2.52. The number of hydrogen-bond acceptors (Lipinski definition) is 7. The molecule has 2 aliphatic carbocycles. The van der Waals surface area contributed by atoms with Crippen molar-refractivity contribution in [3.63, 3.8) is 0 Å². The lowest BCUT2D eigenvalue weighted by Gasteiger charge is -2.37. The minimum atomic E-state index is -0.946. The molecule has 0 bridgehead atoms. The van der Waals surface area contributed by atoms with Crippen LogP contribution >= 0.6 is 0 Å². The van der Waals surface area contributed by atoms with Crippen LogP contribution in [-0.4, -0.2) is 81.2 Å². The zero-order valence-electron chi connectivity index (χ0n) is 28.5.